The van der Waals surface area contributed by atoms with E-state index in [-0.39, 0.29) is 42.2 Å². The van der Waals surface area contributed by atoms with Gasteiger partial charge in [0.25, 0.3) is 0 Å². The molecule has 0 amide bonds. The van der Waals surface area contributed by atoms with E-state index in [1.165, 1.54) is 11.1 Å². The van der Waals surface area contributed by atoms with Gasteiger partial charge in [-0.05, 0) is 80.7 Å². The third-order valence-electron chi connectivity index (χ3n) is 9.40. The Labute approximate surface area is 276 Å². The number of ketones is 2. The molecule has 8 heteroatoms. The normalized spacial score (nSPS) is 18.1. The van der Waals surface area contributed by atoms with E-state index in [1.807, 2.05) is 18.3 Å². The highest BCUT2D eigenvalue weighted by atomic mass is 35.5. The van der Waals surface area contributed by atoms with Gasteiger partial charge in [-0.25, -0.2) is 0 Å². The highest BCUT2D eigenvalue weighted by Gasteiger charge is 2.50. The monoisotopic (exact) mass is 660 g/mol. The molecule has 0 radical (unpaired) electrons. The van der Waals surface area contributed by atoms with Gasteiger partial charge < -0.3 is 4.90 Å². The molecule has 1 saturated carbocycles. The molecule has 0 bridgehead atoms. The molecular formula is C36H28Cl4N2O2. The number of carbonyl (C=O) groups is 2. The molecule has 1 aromatic heterocycles. The van der Waals surface area contributed by atoms with Crippen LogP contribution >= 0.6 is 46.4 Å². The Kier molecular flexibility index (Phi) is 7.21. The second-order valence-electron chi connectivity index (χ2n) is 12.1. The first-order valence-corrected chi connectivity index (χ1v) is 16.2. The lowest BCUT2D eigenvalue weighted by Gasteiger charge is -2.38. The highest BCUT2D eigenvalue weighted by molar-refractivity contribution is 6.57. The summed E-state index contributed by atoms with van der Waals surface area (Å²) in [4.78, 5) is 34.5. The van der Waals surface area contributed by atoms with E-state index in [1.54, 1.807) is 6.08 Å². The lowest BCUT2D eigenvalue weighted by molar-refractivity contribution is 0.0989. The van der Waals surface area contributed by atoms with E-state index in [0.717, 1.165) is 71.2 Å². The summed E-state index contributed by atoms with van der Waals surface area (Å²) < 4.78 is 0. The molecule has 2 heterocycles. The van der Waals surface area contributed by atoms with E-state index in [9.17, 15) is 9.59 Å². The van der Waals surface area contributed by atoms with E-state index < -0.39 is 11.6 Å². The van der Waals surface area contributed by atoms with Gasteiger partial charge in [0, 0.05) is 22.7 Å². The summed E-state index contributed by atoms with van der Waals surface area (Å²) in [5.41, 5.74) is 8.58. The van der Waals surface area contributed by atoms with Gasteiger partial charge in [0.1, 0.15) is 0 Å². The number of allylic oxidation sites excluding steroid dienone is 4. The van der Waals surface area contributed by atoms with Gasteiger partial charge >= 0.3 is 0 Å². The summed E-state index contributed by atoms with van der Waals surface area (Å²) in [6.45, 7) is 6.38. The van der Waals surface area contributed by atoms with Crippen molar-refractivity contribution in [2.45, 2.75) is 58.3 Å². The van der Waals surface area contributed by atoms with Crippen molar-refractivity contribution < 1.29 is 9.59 Å². The van der Waals surface area contributed by atoms with Gasteiger partial charge in [0.05, 0.1) is 53.7 Å². The molecule has 3 aromatic carbocycles. The van der Waals surface area contributed by atoms with Crippen molar-refractivity contribution in [1.29, 1.82) is 0 Å². The minimum Gasteiger partial charge on any atom is -0.312 e. The van der Waals surface area contributed by atoms with Crippen LogP contribution in [-0.2, 0) is 5.41 Å². The molecule has 1 spiro atoms. The predicted molar refractivity (Wildman–Crippen MR) is 181 cm³/mol. The Morgan fingerprint density at radius 1 is 0.795 bits per heavy atom. The molecule has 44 heavy (non-hydrogen) atoms. The summed E-state index contributed by atoms with van der Waals surface area (Å²) in [5.74, 6) is -1.02. The maximum atomic E-state index is 13.7. The number of nitrogens with zero attached hydrogens (tertiary/aromatic N) is 2. The van der Waals surface area contributed by atoms with Crippen molar-refractivity contribution in [3.05, 3.63) is 119 Å². The molecule has 0 saturated heterocycles. The van der Waals surface area contributed by atoms with Gasteiger partial charge in [0.2, 0.25) is 0 Å². The number of rotatable bonds is 2. The SMILES string of the molecule is Cc1cc(C)c(N2/C(=C\C=C3C(=O)c4c(Cl)c(Cl)c(Cl)c(Cl)c4C3=O)C3(CCCCC3)c3c2ccc2ncccc32)c(C)c1. The molecule has 4 aromatic rings. The molecule has 222 valence electrons. The molecule has 3 aliphatic rings. The minimum absolute atomic E-state index is 0.00181. The number of benzene rings is 3. The van der Waals surface area contributed by atoms with E-state index >= 15 is 0 Å². The maximum Gasteiger partial charge on any atom is 0.199 e. The van der Waals surface area contributed by atoms with E-state index in [4.69, 9.17) is 51.4 Å². The standard InChI is InChI=1S/C36H28Cl4N2O2/c1-18-16-19(2)33(20(3)17-18)42-24-11-10-23-21(8-7-15-41-23)28(24)36(13-5-4-6-14-36)25(42)12-9-22-34(43)26-27(35(22)44)30(38)32(40)31(39)29(26)37/h7-12,15-17H,4-6,13-14H2,1-3H3/b25-12-. The average Bonchev–Trinajstić information content (AvgIpc) is 3.40. The predicted octanol–water partition coefficient (Wildman–Crippen LogP) is 11.0. The zero-order valence-electron chi connectivity index (χ0n) is 24.5. The van der Waals surface area contributed by atoms with Crippen LogP contribution in [0.25, 0.3) is 10.9 Å². The van der Waals surface area contributed by atoms with Crippen LogP contribution in [0.1, 0.15) is 75.1 Å². The third kappa shape index (κ3) is 4.15. The first-order valence-electron chi connectivity index (χ1n) is 14.7. The largest absolute Gasteiger partial charge is 0.312 e. The quantitative estimate of drug-likeness (QED) is 0.0928. The van der Waals surface area contributed by atoms with Crippen LogP contribution in [0.2, 0.25) is 20.1 Å². The lowest BCUT2D eigenvalue weighted by Crippen LogP contribution is -2.32. The fourth-order valence-corrected chi connectivity index (χ4v) is 8.73. The number of hydrogen-bond donors (Lipinski definition) is 0. The molecule has 4 nitrogen and oxygen atoms in total. The van der Waals surface area contributed by atoms with Gasteiger partial charge in [-0.3, -0.25) is 14.6 Å². The van der Waals surface area contributed by atoms with Crippen LogP contribution in [0.5, 0.6) is 0 Å². The number of aryl methyl sites for hydroxylation is 3. The Morgan fingerprint density at radius 2 is 1.41 bits per heavy atom. The van der Waals surface area contributed by atoms with Crippen LogP contribution in [0.4, 0.5) is 11.4 Å². The van der Waals surface area contributed by atoms with E-state index in [0.29, 0.717) is 0 Å². The molecule has 0 unspecified atom stereocenters. The Balaban J connectivity index is 1.52. The fourth-order valence-electron chi connectivity index (χ4n) is 7.71. The van der Waals surface area contributed by atoms with Crippen LogP contribution in [0, 0.1) is 20.8 Å². The molecular weight excluding hydrogens is 634 g/mol. The molecule has 0 N–H and O–H groups in total. The zero-order chi connectivity index (χ0) is 31.1. The fraction of sp³-hybridized carbons (Fsp3) is 0.250. The van der Waals surface area contributed by atoms with Crippen molar-refractivity contribution in [1.82, 2.24) is 4.98 Å². The number of halogens is 4. The molecule has 7 rings (SSSR count). The summed E-state index contributed by atoms with van der Waals surface area (Å²) in [7, 11) is 0. The van der Waals surface area contributed by atoms with Crippen LogP contribution < -0.4 is 4.90 Å². The Morgan fingerprint density at radius 3 is 2.02 bits per heavy atom. The first kappa shape index (κ1) is 29.6. The molecule has 2 aliphatic carbocycles. The second-order valence-corrected chi connectivity index (χ2v) is 13.6. The number of Topliss-reactive ketones (excluding diaryl/α,β-unsaturated/α-hetero) is 2. The number of anilines is 2. The number of aromatic nitrogens is 1. The summed E-state index contributed by atoms with van der Waals surface area (Å²) >= 11 is 25.4. The Hall–Kier alpha value is -3.15. The average molecular weight is 662 g/mol. The first-order chi connectivity index (χ1) is 21.1. The topological polar surface area (TPSA) is 50.3 Å². The van der Waals surface area contributed by atoms with Crippen molar-refractivity contribution in [2.75, 3.05) is 4.90 Å². The maximum absolute atomic E-state index is 13.7. The summed E-state index contributed by atoms with van der Waals surface area (Å²) in [6, 6.07) is 12.8. The van der Waals surface area contributed by atoms with Crippen LogP contribution in [-0.4, -0.2) is 16.6 Å². The van der Waals surface area contributed by atoms with Crippen molar-refractivity contribution in [3.63, 3.8) is 0 Å². The highest BCUT2D eigenvalue weighted by Crippen LogP contribution is 2.60. The number of pyridine rings is 1. The third-order valence-corrected chi connectivity index (χ3v) is 11.2. The Bertz CT molecular complexity index is 1950. The number of fused-ring (bicyclic) bond motifs is 5. The van der Waals surface area contributed by atoms with Gasteiger partial charge in [-0.2, -0.15) is 0 Å². The molecule has 1 fully saturated rings. The van der Waals surface area contributed by atoms with Crippen LogP contribution in [0.15, 0.2) is 66.0 Å². The molecule has 0 atom stereocenters. The smallest absolute Gasteiger partial charge is 0.199 e. The minimum atomic E-state index is -0.510. The van der Waals surface area contributed by atoms with Crippen molar-refractivity contribution in [2.24, 2.45) is 0 Å². The molecule has 1 aliphatic heterocycles. The summed E-state index contributed by atoms with van der Waals surface area (Å²) in [5, 5.41) is 0.922. The van der Waals surface area contributed by atoms with Crippen LogP contribution in [0.3, 0.4) is 0 Å². The van der Waals surface area contributed by atoms with E-state index in [2.05, 4.69) is 56.0 Å². The lowest BCUT2D eigenvalue weighted by atomic mass is 9.67. The zero-order valence-corrected chi connectivity index (χ0v) is 27.5. The number of carbonyl (C=O) groups excluding carboxylic acids is 2. The number of hydrogen-bond acceptors (Lipinski definition) is 4. The van der Waals surface area contributed by atoms with Crippen molar-refractivity contribution in [3.8, 4) is 0 Å². The van der Waals surface area contributed by atoms with Gasteiger partial charge in [-0.1, -0.05) is 89.4 Å². The van der Waals surface area contributed by atoms with Gasteiger partial charge in [-0.15, -0.1) is 0 Å². The van der Waals surface area contributed by atoms with Crippen molar-refractivity contribution >= 4 is 80.2 Å². The second kappa shape index (κ2) is 10.7. The van der Waals surface area contributed by atoms with Gasteiger partial charge in [0.15, 0.2) is 11.6 Å². The summed E-state index contributed by atoms with van der Waals surface area (Å²) in [6.07, 6.45) is 10.6.